The van der Waals surface area contributed by atoms with Crippen LogP contribution in [-0.4, -0.2) is 17.1 Å². The van der Waals surface area contributed by atoms with Gasteiger partial charge in [0.2, 0.25) is 0 Å². The largest absolute Gasteiger partial charge is 0.495 e. The van der Waals surface area contributed by atoms with Crippen LogP contribution in [0.1, 0.15) is 17.3 Å². The Morgan fingerprint density at radius 3 is 2.83 bits per heavy atom. The van der Waals surface area contributed by atoms with E-state index in [9.17, 15) is 0 Å². The maximum absolute atomic E-state index is 5.88. The highest BCUT2D eigenvalue weighted by Gasteiger charge is 2.18. The Bertz CT molecular complexity index is 535. The summed E-state index contributed by atoms with van der Waals surface area (Å²) in [5.41, 5.74) is 4.28. The van der Waals surface area contributed by atoms with Crippen LogP contribution in [0.15, 0.2) is 36.7 Å². The van der Waals surface area contributed by atoms with E-state index in [-0.39, 0.29) is 6.04 Å². The van der Waals surface area contributed by atoms with Gasteiger partial charge in [-0.15, -0.1) is 0 Å². The van der Waals surface area contributed by atoms with E-state index in [1.165, 1.54) is 0 Å². The van der Waals surface area contributed by atoms with Gasteiger partial charge in [-0.1, -0.05) is 11.6 Å². The lowest BCUT2D eigenvalue weighted by Crippen LogP contribution is -2.29. The average Bonchev–Trinajstić information content (AvgIpc) is 2.40. The second-order valence-electron chi connectivity index (χ2n) is 3.60. The summed E-state index contributed by atoms with van der Waals surface area (Å²) in [7, 11) is 1.59. The minimum Gasteiger partial charge on any atom is -0.495 e. The molecule has 2 aromatic heterocycles. The maximum atomic E-state index is 5.88. The molecule has 5 nitrogen and oxygen atoms in total. The van der Waals surface area contributed by atoms with Crippen LogP contribution in [0, 0.1) is 0 Å². The fraction of sp³-hybridized carbons (Fsp3) is 0.167. The lowest BCUT2D eigenvalue weighted by atomic mass is 10.0. The second-order valence-corrected chi connectivity index (χ2v) is 3.99. The van der Waals surface area contributed by atoms with Gasteiger partial charge in [0, 0.05) is 12.4 Å². The Kier molecular flexibility index (Phi) is 4.09. The van der Waals surface area contributed by atoms with E-state index in [1.807, 2.05) is 12.1 Å². The SMILES string of the molecule is COc1cccnc1C(NN)c1ccnc(Cl)c1. The monoisotopic (exact) mass is 264 g/mol. The van der Waals surface area contributed by atoms with Gasteiger partial charge in [-0.05, 0) is 29.8 Å². The molecule has 1 unspecified atom stereocenters. The van der Waals surface area contributed by atoms with E-state index in [2.05, 4.69) is 15.4 Å². The van der Waals surface area contributed by atoms with Gasteiger partial charge in [-0.25, -0.2) is 10.4 Å². The lowest BCUT2D eigenvalue weighted by molar-refractivity contribution is 0.400. The Morgan fingerprint density at radius 1 is 1.33 bits per heavy atom. The van der Waals surface area contributed by atoms with Crippen LogP contribution in [-0.2, 0) is 0 Å². The highest BCUT2D eigenvalue weighted by Crippen LogP contribution is 2.27. The number of aromatic nitrogens is 2. The molecule has 0 aliphatic carbocycles. The number of methoxy groups -OCH3 is 1. The predicted octanol–water partition coefficient (Wildman–Crippen LogP) is 1.69. The highest BCUT2D eigenvalue weighted by molar-refractivity contribution is 6.29. The van der Waals surface area contributed by atoms with Gasteiger partial charge in [-0.3, -0.25) is 10.8 Å². The van der Waals surface area contributed by atoms with Crippen molar-refractivity contribution in [2.24, 2.45) is 5.84 Å². The molecule has 0 spiro atoms. The van der Waals surface area contributed by atoms with Crippen LogP contribution < -0.4 is 16.0 Å². The molecule has 0 radical (unpaired) electrons. The molecule has 2 heterocycles. The van der Waals surface area contributed by atoms with Crippen LogP contribution in [0.4, 0.5) is 0 Å². The van der Waals surface area contributed by atoms with Crippen LogP contribution in [0.3, 0.4) is 0 Å². The molecule has 6 heteroatoms. The van der Waals surface area contributed by atoms with Crippen molar-refractivity contribution in [3.05, 3.63) is 53.1 Å². The molecule has 18 heavy (non-hydrogen) atoms. The fourth-order valence-electron chi connectivity index (χ4n) is 1.72. The first-order valence-corrected chi connectivity index (χ1v) is 5.70. The van der Waals surface area contributed by atoms with E-state index in [4.69, 9.17) is 22.2 Å². The van der Waals surface area contributed by atoms with E-state index in [0.29, 0.717) is 16.6 Å². The summed E-state index contributed by atoms with van der Waals surface area (Å²) in [5, 5.41) is 0.405. The number of nitrogens with one attached hydrogen (secondary N) is 1. The van der Waals surface area contributed by atoms with Crippen molar-refractivity contribution in [2.75, 3.05) is 7.11 Å². The zero-order valence-corrected chi connectivity index (χ0v) is 10.6. The number of halogens is 1. The highest BCUT2D eigenvalue weighted by atomic mass is 35.5. The number of nitrogens with zero attached hydrogens (tertiary/aromatic N) is 2. The molecule has 94 valence electrons. The van der Waals surface area contributed by atoms with Crippen molar-refractivity contribution in [1.29, 1.82) is 0 Å². The zero-order chi connectivity index (χ0) is 13.0. The minimum absolute atomic E-state index is 0.304. The van der Waals surface area contributed by atoms with Crippen LogP contribution in [0.25, 0.3) is 0 Å². The molecule has 0 saturated carbocycles. The van der Waals surface area contributed by atoms with Gasteiger partial charge >= 0.3 is 0 Å². The second kappa shape index (κ2) is 5.77. The first-order chi connectivity index (χ1) is 8.76. The van der Waals surface area contributed by atoms with Crippen molar-refractivity contribution in [3.63, 3.8) is 0 Å². The summed E-state index contributed by atoms with van der Waals surface area (Å²) in [6, 6.07) is 6.89. The number of nitrogens with two attached hydrogens (primary N) is 1. The van der Waals surface area contributed by atoms with Gasteiger partial charge in [0.25, 0.3) is 0 Å². The molecule has 0 aliphatic heterocycles. The first-order valence-electron chi connectivity index (χ1n) is 5.32. The van der Waals surface area contributed by atoms with Gasteiger partial charge in [0.15, 0.2) is 0 Å². The first kappa shape index (κ1) is 12.8. The summed E-state index contributed by atoms with van der Waals surface area (Å²) in [5.74, 6) is 6.26. The van der Waals surface area contributed by atoms with Crippen molar-refractivity contribution >= 4 is 11.6 Å². The summed E-state index contributed by atoms with van der Waals surface area (Å²) in [6.45, 7) is 0. The van der Waals surface area contributed by atoms with E-state index in [1.54, 1.807) is 31.6 Å². The normalized spacial score (nSPS) is 12.2. The molecule has 3 N–H and O–H groups in total. The van der Waals surface area contributed by atoms with E-state index in [0.717, 1.165) is 5.56 Å². The molecule has 0 aromatic carbocycles. The number of hydrogen-bond acceptors (Lipinski definition) is 5. The van der Waals surface area contributed by atoms with Crippen molar-refractivity contribution in [1.82, 2.24) is 15.4 Å². The molecule has 2 rings (SSSR count). The summed E-state index contributed by atoms with van der Waals surface area (Å²) >= 11 is 5.88. The number of hydrazine groups is 1. The molecule has 0 aliphatic rings. The molecule has 0 saturated heterocycles. The van der Waals surface area contributed by atoms with Crippen LogP contribution in [0.5, 0.6) is 5.75 Å². The Labute approximate surface area is 110 Å². The maximum Gasteiger partial charge on any atom is 0.142 e. The van der Waals surface area contributed by atoms with E-state index < -0.39 is 0 Å². The molecular weight excluding hydrogens is 252 g/mol. The minimum atomic E-state index is -0.304. The van der Waals surface area contributed by atoms with Crippen molar-refractivity contribution < 1.29 is 4.74 Å². The molecule has 0 bridgehead atoms. The van der Waals surface area contributed by atoms with Crippen LogP contribution >= 0.6 is 11.6 Å². The predicted molar refractivity (Wildman–Crippen MR) is 69.2 cm³/mol. The van der Waals surface area contributed by atoms with Gasteiger partial charge in [0.1, 0.15) is 16.6 Å². The average molecular weight is 265 g/mol. The standard InChI is InChI=1S/C12H13ClN4O/c1-18-9-3-2-5-16-12(9)11(17-14)8-4-6-15-10(13)7-8/h2-7,11,17H,14H2,1H3. The Balaban J connectivity index is 2.45. The smallest absolute Gasteiger partial charge is 0.142 e. The van der Waals surface area contributed by atoms with Crippen LogP contribution in [0.2, 0.25) is 5.15 Å². The molecule has 0 fully saturated rings. The molecule has 0 amide bonds. The number of pyridine rings is 2. The quantitative estimate of drug-likeness (QED) is 0.499. The number of hydrogen-bond donors (Lipinski definition) is 2. The third kappa shape index (κ3) is 2.59. The van der Waals surface area contributed by atoms with Crippen molar-refractivity contribution in [2.45, 2.75) is 6.04 Å². The van der Waals surface area contributed by atoms with Gasteiger partial charge in [-0.2, -0.15) is 0 Å². The molecule has 2 aromatic rings. The molecular formula is C12H13ClN4O. The topological polar surface area (TPSA) is 73.1 Å². The fourth-order valence-corrected chi connectivity index (χ4v) is 1.90. The third-order valence-electron chi connectivity index (χ3n) is 2.54. The molecule has 1 atom stereocenters. The number of rotatable bonds is 4. The van der Waals surface area contributed by atoms with E-state index >= 15 is 0 Å². The third-order valence-corrected chi connectivity index (χ3v) is 2.75. The Morgan fingerprint density at radius 2 is 2.17 bits per heavy atom. The number of ether oxygens (including phenoxy) is 1. The van der Waals surface area contributed by atoms with Gasteiger partial charge in [0.05, 0.1) is 13.2 Å². The van der Waals surface area contributed by atoms with Crippen molar-refractivity contribution in [3.8, 4) is 5.75 Å². The summed E-state index contributed by atoms with van der Waals surface area (Å²) in [4.78, 5) is 8.23. The Hall–Kier alpha value is -1.69. The summed E-state index contributed by atoms with van der Waals surface area (Å²) < 4.78 is 5.27. The lowest BCUT2D eigenvalue weighted by Gasteiger charge is -2.18. The zero-order valence-electron chi connectivity index (χ0n) is 9.80. The summed E-state index contributed by atoms with van der Waals surface area (Å²) in [6.07, 6.45) is 3.31. The van der Waals surface area contributed by atoms with Gasteiger partial charge < -0.3 is 4.74 Å².